The molecular weight excluding hydrogens is 264 g/mol. The minimum absolute atomic E-state index is 1.02. The number of hydrogen-bond donors (Lipinski definition) is 1. The van der Waals surface area contributed by atoms with Crippen molar-refractivity contribution in [3.63, 3.8) is 0 Å². The summed E-state index contributed by atoms with van der Waals surface area (Å²) in [7, 11) is 4.18. The fourth-order valence-corrected chi connectivity index (χ4v) is 2.11. The Hall–Kier alpha value is -0.380. The number of nitrogens with zero attached hydrogens (tertiary/aromatic N) is 1. The molecule has 1 N–H and O–H groups in total. The standard InChI is InChI=1S/C13H21BrN2/c1-11-5-6-13(14)9-12(11)10-16(3)8-4-7-15-2/h5-6,9,15H,4,7-8,10H2,1-3H3. The molecule has 0 bridgehead atoms. The molecule has 90 valence electrons. The predicted octanol–water partition coefficient (Wildman–Crippen LogP) is 2.80. The fourth-order valence-electron chi connectivity index (χ4n) is 1.71. The van der Waals surface area contributed by atoms with Gasteiger partial charge in [-0.2, -0.15) is 0 Å². The van der Waals surface area contributed by atoms with Gasteiger partial charge in [-0.3, -0.25) is 0 Å². The molecule has 0 fully saturated rings. The highest BCUT2D eigenvalue weighted by Gasteiger charge is 2.03. The molecule has 3 heteroatoms. The van der Waals surface area contributed by atoms with Gasteiger partial charge in [-0.25, -0.2) is 0 Å². The smallest absolute Gasteiger partial charge is 0.0233 e. The number of benzene rings is 1. The third-order valence-corrected chi connectivity index (χ3v) is 3.21. The maximum Gasteiger partial charge on any atom is 0.0233 e. The van der Waals surface area contributed by atoms with Crippen molar-refractivity contribution in [1.82, 2.24) is 10.2 Å². The van der Waals surface area contributed by atoms with E-state index in [1.165, 1.54) is 17.5 Å². The average Bonchev–Trinajstić information content (AvgIpc) is 2.24. The van der Waals surface area contributed by atoms with Crippen molar-refractivity contribution in [3.05, 3.63) is 33.8 Å². The van der Waals surface area contributed by atoms with Gasteiger partial charge >= 0.3 is 0 Å². The summed E-state index contributed by atoms with van der Waals surface area (Å²) in [6, 6.07) is 6.48. The van der Waals surface area contributed by atoms with Gasteiger partial charge in [-0.05, 0) is 63.8 Å². The third-order valence-electron chi connectivity index (χ3n) is 2.72. The molecule has 1 aromatic carbocycles. The van der Waals surface area contributed by atoms with Gasteiger partial charge < -0.3 is 10.2 Å². The highest BCUT2D eigenvalue weighted by molar-refractivity contribution is 9.10. The first-order chi connectivity index (χ1) is 7.63. The molecule has 0 aromatic heterocycles. The summed E-state index contributed by atoms with van der Waals surface area (Å²) in [6.45, 7) is 5.41. The van der Waals surface area contributed by atoms with E-state index in [2.05, 4.69) is 58.3 Å². The Balaban J connectivity index is 2.48. The molecule has 0 aliphatic heterocycles. The van der Waals surface area contributed by atoms with Crippen LogP contribution in [-0.2, 0) is 6.54 Å². The van der Waals surface area contributed by atoms with E-state index >= 15 is 0 Å². The molecule has 0 heterocycles. The van der Waals surface area contributed by atoms with E-state index in [-0.39, 0.29) is 0 Å². The van der Waals surface area contributed by atoms with Crippen molar-refractivity contribution >= 4 is 15.9 Å². The third kappa shape index (κ3) is 4.64. The lowest BCUT2D eigenvalue weighted by molar-refractivity contribution is 0.320. The average molecular weight is 285 g/mol. The van der Waals surface area contributed by atoms with Crippen LogP contribution < -0.4 is 5.32 Å². The van der Waals surface area contributed by atoms with Crippen molar-refractivity contribution in [1.29, 1.82) is 0 Å². The molecule has 16 heavy (non-hydrogen) atoms. The lowest BCUT2D eigenvalue weighted by Gasteiger charge is -2.18. The zero-order chi connectivity index (χ0) is 12.0. The van der Waals surface area contributed by atoms with Gasteiger partial charge in [0.15, 0.2) is 0 Å². The summed E-state index contributed by atoms with van der Waals surface area (Å²) in [5, 5.41) is 3.17. The Morgan fingerprint density at radius 3 is 2.81 bits per heavy atom. The van der Waals surface area contributed by atoms with Crippen molar-refractivity contribution in [2.45, 2.75) is 19.9 Å². The molecule has 0 spiro atoms. The van der Waals surface area contributed by atoms with E-state index in [9.17, 15) is 0 Å². The van der Waals surface area contributed by atoms with Crippen LogP contribution in [0.15, 0.2) is 22.7 Å². The van der Waals surface area contributed by atoms with Crippen LogP contribution in [0.1, 0.15) is 17.5 Å². The first-order valence-corrected chi connectivity index (χ1v) is 6.51. The normalized spacial score (nSPS) is 11.1. The molecule has 0 aliphatic rings. The van der Waals surface area contributed by atoms with Crippen LogP contribution in [0, 0.1) is 6.92 Å². The van der Waals surface area contributed by atoms with Crippen LogP contribution in [0.4, 0.5) is 0 Å². The summed E-state index contributed by atoms with van der Waals surface area (Å²) in [5.41, 5.74) is 2.77. The Labute approximate surface area is 107 Å². The van der Waals surface area contributed by atoms with Gasteiger partial charge in [0.2, 0.25) is 0 Å². The Kier molecular flexibility index (Phi) is 6.03. The second-order valence-electron chi connectivity index (χ2n) is 4.27. The van der Waals surface area contributed by atoms with E-state index < -0.39 is 0 Å². The molecule has 0 unspecified atom stereocenters. The minimum atomic E-state index is 1.02. The van der Waals surface area contributed by atoms with Crippen molar-refractivity contribution in [2.75, 3.05) is 27.2 Å². The van der Waals surface area contributed by atoms with E-state index in [0.717, 1.165) is 24.1 Å². The van der Waals surface area contributed by atoms with Gasteiger partial charge in [0.25, 0.3) is 0 Å². The second-order valence-corrected chi connectivity index (χ2v) is 5.18. The molecule has 1 aromatic rings. The Morgan fingerprint density at radius 1 is 1.38 bits per heavy atom. The molecule has 0 atom stereocenters. The minimum Gasteiger partial charge on any atom is -0.320 e. The molecule has 2 nitrogen and oxygen atoms in total. The first-order valence-electron chi connectivity index (χ1n) is 5.71. The van der Waals surface area contributed by atoms with Crippen LogP contribution in [0.3, 0.4) is 0 Å². The summed E-state index contributed by atoms with van der Waals surface area (Å²) >= 11 is 3.52. The van der Waals surface area contributed by atoms with E-state index in [4.69, 9.17) is 0 Å². The lowest BCUT2D eigenvalue weighted by atomic mass is 10.1. The summed E-state index contributed by atoms with van der Waals surface area (Å²) < 4.78 is 1.16. The largest absolute Gasteiger partial charge is 0.320 e. The van der Waals surface area contributed by atoms with Crippen LogP contribution in [-0.4, -0.2) is 32.1 Å². The first kappa shape index (κ1) is 13.7. The lowest BCUT2D eigenvalue weighted by Crippen LogP contribution is -2.22. The Morgan fingerprint density at radius 2 is 2.12 bits per heavy atom. The maximum absolute atomic E-state index is 3.52. The quantitative estimate of drug-likeness (QED) is 0.809. The molecule has 1 rings (SSSR count). The van der Waals surface area contributed by atoms with Gasteiger partial charge in [0.05, 0.1) is 0 Å². The number of hydrogen-bond acceptors (Lipinski definition) is 2. The number of rotatable bonds is 6. The van der Waals surface area contributed by atoms with E-state index in [1.807, 2.05) is 7.05 Å². The highest BCUT2D eigenvalue weighted by Crippen LogP contribution is 2.17. The fraction of sp³-hybridized carbons (Fsp3) is 0.538. The predicted molar refractivity (Wildman–Crippen MR) is 73.8 cm³/mol. The molecule has 0 saturated heterocycles. The SMILES string of the molecule is CNCCCN(C)Cc1cc(Br)ccc1C. The summed E-state index contributed by atoms with van der Waals surface area (Å²) in [5.74, 6) is 0. The van der Waals surface area contributed by atoms with Crippen molar-refractivity contribution in [2.24, 2.45) is 0 Å². The van der Waals surface area contributed by atoms with Crippen LogP contribution >= 0.6 is 15.9 Å². The molecule has 0 radical (unpaired) electrons. The second kappa shape index (κ2) is 7.05. The van der Waals surface area contributed by atoms with Gasteiger partial charge in [-0.1, -0.05) is 22.0 Å². The van der Waals surface area contributed by atoms with E-state index in [1.54, 1.807) is 0 Å². The van der Waals surface area contributed by atoms with Gasteiger partial charge in [0.1, 0.15) is 0 Å². The number of nitrogens with one attached hydrogen (secondary N) is 1. The van der Waals surface area contributed by atoms with E-state index in [0.29, 0.717) is 0 Å². The zero-order valence-corrected chi connectivity index (χ0v) is 12.0. The monoisotopic (exact) mass is 284 g/mol. The van der Waals surface area contributed by atoms with Crippen LogP contribution in [0.5, 0.6) is 0 Å². The van der Waals surface area contributed by atoms with Gasteiger partial charge in [0, 0.05) is 11.0 Å². The van der Waals surface area contributed by atoms with Crippen molar-refractivity contribution < 1.29 is 0 Å². The maximum atomic E-state index is 3.52. The molecular formula is C13H21BrN2. The van der Waals surface area contributed by atoms with Gasteiger partial charge in [-0.15, -0.1) is 0 Å². The topological polar surface area (TPSA) is 15.3 Å². The summed E-state index contributed by atoms with van der Waals surface area (Å²) in [6.07, 6.45) is 1.19. The highest BCUT2D eigenvalue weighted by atomic mass is 79.9. The Bertz CT molecular complexity index is 326. The molecule has 0 aliphatic carbocycles. The molecule has 0 amide bonds. The summed E-state index contributed by atoms with van der Waals surface area (Å²) in [4.78, 5) is 2.37. The van der Waals surface area contributed by atoms with Crippen molar-refractivity contribution in [3.8, 4) is 0 Å². The molecule has 0 saturated carbocycles. The van der Waals surface area contributed by atoms with Crippen LogP contribution in [0.2, 0.25) is 0 Å². The zero-order valence-electron chi connectivity index (χ0n) is 10.4. The van der Waals surface area contributed by atoms with Crippen LogP contribution in [0.25, 0.3) is 0 Å². The number of halogens is 1. The number of aryl methyl sites for hydroxylation is 1.